The van der Waals surface area contributed by atoms with Crippen molar-refractivity contribution in [2.75, 3.05) is 27.2 Å². The topological polar surface area (TPSA) is 32.8 Å². The van der Waals surface area contributed by atoms with Crippen LogP contribution in [0.4, 0.5) is 0 Å². The molecule has 0 saturated carbocycles. The first-order valence-electron chi connectivity index (χ1n) is 6.81. The summed E-state index contributed by atoms with van der Waals surface area (Å²) in [6, 6.07) is 4.41. The van der Waals surface area contributed by atoms with E-state index in [1.54, 1.807) is 0 Å². The van der Waals surface area contributed by atoms with E-state index in [1.165, 1.54) is 11.3 Å². The van der Waals surface area contributed by atoms with Gasteiger partial charge in [-0.3, -0.25) is 4.79 Å². The predicted molar refractivity (Wildman–Crippen MR) is 75.6 cm³/mol. The SMILES string of the molecule is CN(C)[C@@H]1CN(C(=O)c2cccs2)[C@@H]2CCCO[C@H]12. The van der Waals surface area contributed by atoms with Gasteiger partial charge < -0.3 is 14.5 Å². The van der Waals surface area contributed by atoms with Gasteiger partial charge in [-0.15, -0.1) is 11.3 Å². The number of thiophene rings is 1. The fraction of sp³-hybridized carbons (Fsp3) is 0.643. The second-order valence-electron chi connectivity index (χ2n) is 5.51. The Labute approximate surface area is 118 Å². The van der Waals surface area contributed by atoms with Crippen molar-refractivity contribution >= 4 is 17.2 Å². The van der Waals surface area contributed by atoms with Gasteiger partial charge in [0.05, 0.1) is 23.1 Å². The number of ether oxygens (including phenoxy) is 1. The number of carbonyl (C=O) groups is 1. The van der Waals surface area contributed by atoms with Crippen molar-refractivity contribution in [1.82, 2.24) is 9.80 Å². The van der Waals surface area contributed by atoms with Gasteiger partial charge in [0, 0.05) is 13.2 Å². The van der Waals surface area contributed by atoms with E-state index in [1.807, 2.05) is 22.4 Å². The Morgan fingerprint density at radius 3 is 3.05 bits per heavy atom. The summed E-state index contributed by atoms with van der Waals surface area (Å²) < 4.78 is 5.94. The third kappa shape index (κ3) is 2.30. The number of hydrogen-bond acceptors (Lipinski definition) is 4. The molecule has 2 saturated heterocycles. The lowest BCUT2D eigenvalue weighted by Gasteiger charge is -2.33. The molecule has 5 heteroatoms. The van der Waals surface area contributed by atoms with Crippen molar-refractivity contribution < 1.29 is 9.53 Å². The first kappa shape index (κ1) is 13.1. The van der Waals surface area contributed by atoms with E-state index in [2.05, 4.69) is 19.0 Å². The third-order valence-corrected chi connectivity index (χ3v) is 5.01. The fourth-order valence-corrected chi connectivity index (χ4v) is 3.84. The lowest BCUT2D eigenvalue weighted by Crippen LogP contribution is -2.45. The van der Waals surface area contributed by atoms with E-state index < -0.39 is 0 Å². The molecule has 0 radical (unpaired) electrons. The Morgan fingerprint density at radius 2 is 2.37 bits per heavy atom. The maximum atomic E-state index is 12.6. The van der Waals surface area contributed by atoms with Crippen LogP contribution in [0.2, 0.25) is 0 Å². The van der Waals surface area contributed by atoms with Crippen molar-refractivity contribution in [2.45, 2.75) is 31.0 Å². The summed E-state index contributed by atoms with van der Waals surface area (Å²) >= 11 is 1.52. The van der Waals surface area contributed by atoms with Gasteiger partial charge in [0.15, 0.2) is 0 Å². The second-order valence-corrected chi connectivity index (χ2v) is 6.46. The molecule has 104 valence electrons. The van der Waals surface area contributed by atoms with Crippen LogP contribution >= 0.6 is 11.3 Å². The average Bonchev–Trinajstić information content (AvgIpc) is 3.05. The van der Waals surface area contributed by atoms with Crippen molar-refractivity contribution in [3.63, 3.8) is 0 Å². The highest BCUT2D eigenvalue weighted by molar-refractivity contribution is 7.12. The van der Waals surface area contributed by atoms with Crippen molar-refractivity contribution in [1.29, 1.82) is 0 Å². The van der Waals surface area contributed by atoms with Gasteiger partial charge in [-0.25, -0.2) is 0 Å². The van der Waals surface area contributed by atoms with Crippen molar-refractivity contribution in [2.24, 2.45) is 0 Å². The van der Waals surface area contributed by atoms with Gasteiger partial charge >= 0.3 is 0 Å². The maximum Gasteiger partial charge on any atom is 0.264 e. The zero-order valence-electron chi connectivity index (χ0n) is 11.4. The molecule has 3 heterocycles. The number of amides is 1. The first-order valence-corrected chi connectivity index (χ1v) is 7.69. The maximum absolute atomic E-state index is 12.6. The molecule has 1 aromatic rings. The minimum Gasteiger partial charge on any atom is -0.374 e. The van der Waals surface area contributed by atoms with Gasteiger partial charge in [0.2, 0.25) is 0 Å². The molecule has 4 nitrogen and oxygen atoms in total. The van der Waals surface area contributed by atoms with Crippen LogP contribution in [-0.4, -0.2) is 61.1 Å². The number of likely N-dealkylation sites (tertiary alicyclic amines) is 1. The van der Waals surface area contributed by atoms with Gasteiger partial charge in [-0.05, 0) is 38.4 Å². The third-order valence-electron chi connectivity index (χ3n) is 4.15. The van der Waals surface area contributed by atoms with E-state index in [-0.39, 0.29) is 18.1 Å². The van der Waals surface area contributed by atoms with Gasteiger partial charge in [-0.1, -0.05) is 6.07 Å². The monoisotopic (exact) mass is 280 g/mol. The van der Waals surface area contributed by atoms with Crippen LogP contribution < -0.4 is 0 Å². The van der Waals surface area contributed by atoms with Crippen LogP contribution in [0.15, 0.2) is 17.5 Å². The van der Waals surface area contributed by atoms with Crippen LogP contribution in [0.25, 0.3) is 0 Å². The summed E-state index contributed by atoms with van der Waals surface area (Å²) in [4.78, 5) is 17.6. The predicted octanol–water partition coefficient (Wildman–Crippen LogP) is 1.68. The van der Waals surface area contributed by atoms with E-state index in [9.17, 15) is 4.79 Å². The molecule has 1 amide bonds. The number of fused-ring (bicyclic) bond motifs is 1. The number of nitrogens with zero attached hydrogens (tertiary/aromatic N) is 2. The highest BCUT2D eigenvalue weighted by Gasteiger charge is 2.46. The van der Waals surface area contributed by atoms with Crippen LogP contribution in [-0.2, 0) is 4.74 Å². The molecular weight excluding hydrogens is 260 g/mol. The highest BCUT2D eigenvalue weighted by Crippen LogP contribution is 2.32. The Hall–Kier alpha value is -0.910. The molecule has 3 rings (SSSR count). The Balaban J connectivity index is 1.83. The first-order chi connectivity index (χ1) is 9.18. The van der Waals surface area contributed by atoms with E-state index >= 15 is 0 Å². The average molecular weight is 280 g/mol. The summed E-state index contributed by atoms with van der Waals surface area (Å²) in [6.07, 6.45) is 2.29. The zero-order valence-corrected chi connectivity index (χ0v) is 12.2. The summed E-state index contributed by atoms with van der Waals surface area (Å²) in [5, 5.41) is 1.96. The number of hydrogen-bond donors (Lipinski definition) is 0. The summed E-state index contributed by atoms with van der Waals surface area (Å²) in [7, 11) is 4.14. The van der Waals surface area contributed by atoms with E-state index in [0.29, 0.717) is 6.04 Å². The van der Waals surface area contributed by atoms with Crippen LogP contribution in [0.1, 0.15) is 22.5 Å². The smallest absolute Gasteiger partial charge is 0.264 e. The zero-order chi connectivity index (χ0) is 13.4. The Morgan fingerprint density at radius 1 is 1.53 bits per heavy atom. The Bertz CT molecular complexity index is 446. The molecule has 0 aliphatic carbocycles. The lowest BCUT2D eigenvalue weighted by molar-refractivity contribution is -0.0312. The number of carbonyl (C=O) groups excluding carboxylic acids is 1. The summed E-state index contributed by atoms with van der Waals surface area (Å²) in [5.41, 5.74) is 0. The lowest BCUT2D eigenvalue weighted by atomic mass is 10.0. The van der Waals surface area contributed by atoms with Crippen LogP contribution in [0.3, 0.4) is 0 Å². The van der Waals surface area contributed by atoms with Crippen molar-refractivity contribution in [3.05, 3.63) is 22.4 Å². The standard InChI is InChI=1S/C14H20N2O2S/c1-15(2)11-9-16(10-5-3-7-18-13(10)11)14(17)12-6-4-8-19-12/h4,6,8,10-11,13H,3,5,7,9H2,1-2H3/t10-,11-,13+/m1/s1. The summed E-state index contributed by atoms with van der Waals surface area (Å²) in [5.74, 6) is 0.167. The van der Waals surface area contributed by atoms with Gasteiger partial charge in [0.25, 0.3) is 5.91 Å². The molecule has 0 bridgehead atoms. The molecular formula is C14H20N2O2S. The van der Waals surface area contributed by atoms with Crippen LogP contribution in [0, 0.1) is 0 Å². The molecule has 2 aliphatic heterocycles. The molecule has 0 spiro atoms. The molecule has 0 unspecified atom stereocenters. The molecule has 1 aromatic heterocycles. The second kappa shape index (κ2) is 5.23. The highest BCUT2D eigenvalue weighted by atomic mass is 32.1. The normalized spacial score (nSPS) is 30.7. The Kier molecular flexibility index (Phi) is 3.60. The molecule has 2 aliphatic rings. The molecule has 2 fully saturated rings. The quantitative estimate of drug-likeness (QED) is 0.826. The molecule has 0 aromatic carbocycles. The molecule has 19 heavy (non-hydrogen) atoms. The molecule has 0 N–H and O–H groups in total. The minimum absolute atomic E-state index is 0.167. The largest absolute Gasteiger partial charge is 0.374 e. The van der Waals surface area contributed by atoms with Gasteiger partial charge in [-0.2, -0.15) is 0 Å². The van der Waals surface area contributed by atoms with Crippen molar-refractivity contribution in [3.8, 4) is 0 Å². The molecule has 3 atom stereocenters. The number of likely N-dealkylation sites (N-methyl/N-ethyl adjacent to an activating group) is 1. The summed E-state index contributed by atoms with van der Waals surface area (Å²) in [6.45, 7) is 1.60. The fourth-order valence-electron chi connectivity index (χ4n) is 3.16. The van der Waals surface area contributed by atoms with E-state index in [0.717, 1.165) is 30.9 Å². The van der Waals surface area contributed by atoms with Gasteiger partial charge in [0.1, 0.15) is 0 Å². The van der Waals surface area contributed by atoms with Crippen LogP contribution in [0.5, 0.6) is 0 Å². The number of rotatable bonds is 2. The van der Waals surface area contributed by atoms with E-state index in [4.69, 9.17) is 4.74 Å². The minimum atomic E-state index is 0.167.